The molecule has 8 nitrogen and oxygen atoms in total. The maximum absolute atomic E-state index is 12.4. The van der Waals surface area contributed by atoms with Crippen LogP contribution in [0.3, 0.4) is 0 Å². The second kappa shape index (κ2) is 6.63. The lowest BCUT2D eigenvalue weighted by atomic mass is 9.80. The zero-order chi connectivity index (χ0) is 16.3. The molecule has 2 aromatic heterocycles. The van der Waals surface area contributed by atoms with Gasteiger partial charge in [-0.1, -0.05) is 5.21 Å². The van der Waals surface area contributed by atoms with Crippen LogP contribution in [-0.4, -0.2) is 41.5 Å². The van der Waals surface area contributed by atoms with Crippen LogP contribution in [0.4, 0.5) is 0 Å². The van der Waals surface area contributed by atoms with Crippen molar-refractivity contribution in [2.45, 2.75) is 30.7 Å². The largest absolute Gasteiger partial charge is 0.492 e. The number of nitrogens with zero attached hydrogens (tertiary/aromatic N) is 4. The van der Waals surface area contributed by atoms with E-state index in [9.17, 15) is 8.42 Å². The van der Waals surface area contributed by atoms with E-state index in [4.69, 9.17) is 4.74 Å². The molecule has 23 heavy (non-hydrogen) atoms. The Morgan fingerprint density at radius 2 is 2.22 bits per heavy atom. The first-order valence-corrected chi connectivity index (χ1v) is 9.00. The van der Waals surface area contributed by atoms with Crippen molar-refractivity contribution in [3.63, 3.8) is 0 Å². The van der Waals surface area contributed by atoms with Gasteiger partial charge in [-0.25, -0.2) is 17.8 Å². The van der Waals surface area contributed by atoms with Gasteiger partial charge < -0.3 is 4.74 Å². The third-order valence-corrected chi connectivity index (χ3v) is 5.36. The minimum absolute atomic E-state index is 0.0778. The van der Waals surface area contributed by atoms with Crippen molar-refractivity contribution in [3.8, 4) is 5.75 Å². The van der Waals surface area contributed by atoms with Gasteiger partial charge in [-0.05, 0) is 31.7 Å². The van der Waals surface area contributed by atoms with Gasteiger partial charge in [0.05, 0.1) is 25.0 Å². The van der Waals surface area contributed by atoms with Crippen LogP contribution in [0.5, 0.6) is 5.75 Å². The molecule has 0 saturated heterocycles. The molecule has 0 spiro atoms. The van der Waals surface area contributed by atoms with Crippen molar-refractivity contribution in [2.75, 3.05) is 13.2 Å². The van der Waals surface area contributed by atoms with Gasteiger partial charge in [-0.3, -0.25) is 4.98 Å². The smallest absolute Gasteiger partial charge is 0.245 e. The van der Waals surface area contributed by atoms with Crippen LogP contribution < -0.4 is 9.46 Å². The molecular formula is C14H19N5O3S. The molecule has 2 heterocycles. The van der Waals surface area contributed by atoms with E-state index in [2.05, 4.69) is 20.0 Å². The second-order valence-electron chi connectivity index (χ2n) is 5.48. The monoisotopic (exact) mass is 337 g/mol. The van der Waals surface area contributed by atoms with Crippen LogP contribution in [0, 0.1) is 5.92 Å². The van der Waals surface area contributed by atoms with E-state index >= 15 is 0 Å². The first-order chi connectivity index (χ1) is 11.1. The van der Waals surface area contributed by atoms with Gasteiger partial charge in [-0.2, -0.15) is 0 Å². The fourth-order valence-corrected chi connectivity index (χ4v) is 3.85. The average Bonchev–Trinajstić information content (AvgIpc) is 3.00. The molecular weight excluding hydrogens is 318 g/mol. The summed E-state index contributed by atoms with van der Waals surface area (Å²) < 4.78 is 34.7. The highest BCUT2D eigenvalue weighted by molar-refractivity contribution is 7.89. The zero-order valence-corrected chi connectivity index (χ0v) is 13.6. The molecule has 1 saturated carbocycles. The molecule has 2 aromatic rings. The SMILES string of the molecule is CCOc1ccncc1S(=O)(=O)NCC1CC(n2ccnn2)C1. The maximum Gasteiger partial charge on any atom is 0.245 e. The summed E-state index contributed by atoms with van der Waals surface area (Å²) in [5, 5.41) is 7.75. The van der Waals surface area contributed by atoms with E-state index < -0.39 is 10.0 Å². The average molecular weight is 337 g/mol. The minimum atomic E-state index is -3.63. The molecule has 0 aromatic carbocycles. The van der Waals surface area contributed by atoms with Gasteiger partial charge in [0.25, 0.3) is 0 Å². The van der Waals surface area contributed by atoms with Crippen LogP contribution in [0.25, 0.3) is 0 Å². The van der Waals surface area contributed by atoms with E-state index in [1.54, 1.807) is 12.3 Å². The summed E-state index contributed by atoms with van der Waals surface area (Å²) in [5.74, 6) is 0.621. The zero-order valence-electron chi connectivity index (χ0n) is 12.8. The Bertz CT molecular complexity index is 742. The molecule has 0 radical (unpaired) electrons. The Balaban J connectivity index is 1.58. The van der Waals surface area contributed by atoms with Crippen molar-refractivity contribution >= 4 is 10.0 Å². The Morgan fingerprint density at radius 1 is 1.39 bits per heavy atom. The summed E-state index contributed by atoms with van der Waals surface area (Å²) in [6.07, 6.45) is 8.07. The quantitative estimate of drug-likeness (QED) is 0.809. The highest BCUT2D eigenvalue weighted by Crippen LogP contribution is 2.36. The predicted molar refractivity (Wildman–Crippen MR) is 82.4 cm³/mol. The molecule has 0 bridgehead atoms. The van der Waals surface area contributed by atoms with Crippen LogP contribution in [0.1, 0.15) is 25.8 Å². The number of hydrogen-bond acceptors (Lipinski definition) is 6. The molecule has 0 aliphatic heterocycles. The minimum Gasteiger partial charge on any atom is -0.492 e. The Hall–Kier alpha value is -2.00. The molecule has 1 fully saturated rings. The van der Waals surface area contributed by atoms with Crippen molar-refractivity contribution in [1.29, 1.82) is 0 Å². The fourth-order valence-electron chi connectivity index (χ4n) is 2.64. The summed E-state index contributed by atoms with van der Waals surface area (Å²) in [4.78, 5) is 3.96. The van der Waals surface area contributed by atoms with E-state index in [-0.39, 0.29) is 4.90 Å². The van der Waals surface area contributed by atoms with Crippen LogP contribution in [0.2, 0.25) is 0 Å². The lowest BCUT2D eigenvalue weighted by Gasteiger charge is -2.35. The molecule has 0 unspecified atom stereocenters. The topological polar surface area (TPSA) is 99.0 Å². The van der Waals surface area contributed by atoms with Gasteiger partial charge in [0, 0.05) is 18.9 Å². The standard InChI is InChI=1S/C14H19N5O3S/c1-2-22-13-3-4-15-10-14(13)23(20,21)17-9-11-7-12(8-11)19-6-5-16-18-19/h3-6,10-12,17H,2,7-9H2,1H3. The number of hydrogen-bond donors (Lipinski definition) is 1. The summed E-state index contributed by atoms with van der Waals surface area (Å²) >= 11 is 0. The summed E-state index contributed by atoms with van der Waals surface area (Å²) in [6.45, 7) is 2.60. The van der Waals surface area contributed by atoms with Crippen molar-refractivity contribution < 1.29 is 13.2 Å². The van der Waals surface area contributed by atoms with E-state index in [1.165, 1.54) is 12.4 Å². The molecule has 0 atom stereocenters. The molecule has 9 heteroatoms. The Morgan fingerprint density at radius 3 is 2.91 bits per heavy atom. The number of ether oxygens (including phenoxy) is 1. The molecule has 1 N–H and O–H groups in total. The van der Waals surface area contributed by atoms with Crippen molar-refractivity contribution in [2.24, 2.45) is 5.92 Å². The fraction of sp³-hybridized carbons (Fsp3) is 0.500. The van der Waals surface area contributed by atoms with E-state index in [0.29, 0.717) is 30.9 Å². The number of aromatic nitrogens is 4. The lowest BCUT2D eigenvalue weighted by molar-refractivity contribution is 0.183. The first-order valence-electron chi connectivity index (χ1n) is 7.52. The molecule has 0 amide bonds. The van der Waals surface area contributed by atoms with Crippen LogP contribution >= 0.6 is 0 Å². The van der Waals surface area contributed by atoms with Crippen LogP contribution in [0.15, 0.2) is 35.7 Å². The summed E-state index contributed by atoms with van der Waals surface area (Å²) in [6, 6.07) is 1.87. The van der Waals surface area contributed by atoms with Crippen LogP contribution in [-0.2, 0) is 10.0 Å². The predicted octanol–water partition coefficient (Wildman–Crippen LogP) is 1.00. The van der Waals surface area contributed by atoms with E-state index in [1.807, 2.05) is 17.8 Å². The molecule has 1 aliphatic carbocycles. The van der Waals surface area contributed by atoms with E-state index in [0.717, 1.165) is 12.8 Å². The summed E-state index contributed by atoms with van der Waals surface area (Å²) in [5.41, 5.74) is 0. The number of nitrogens with one attached hydrogen (secondary N) is 1. The van der Waals surface area contributed by atoms with Gasteiger partial charge >= 0.3 is 0 Å². The lowest BCUT2D eigenvalue weighted by Crippen LogP contribution is -2.37. The van der Waals surface area contributed by atoms with Gasteiger partial charge in [0.2, 0.25) is 10.0 Å². The first kappa shape index (κ1) is 15.9. The second-order valence-corrected chi connectivity index (χ2v) is 7.22. The third kappa shape index (κ3) is 3.50. The Labute approximate surface area is 134 Å². The molecule has 124 valence electrons. The van der Waals surface area contributed by atoms with Gasteiger partial charge in [0.15, 0.2) is 0 Å². The highest BCUT2D eigenvalue weighted by Gasteiger charge is 2.32. The van der Waals surface area contributed by atoms with Crippen molar-refractivity contribution in [1.82, 2.24) is 24.7 Å². The number of rotatable bonds is 7. The molecule has 3 rings (SSSR count). The third-order valence-electron chi connectivity index (χ3n) is 3.92. The number of sulfonamides is 1. The highest BCUT2D eigenvalue weighted by atomic mass is 32.2. The normalized spacial score (nSPS) is 20.9. The van der Waals surface area contributed by atoms with Gasteiger partial charge in [0.1, 0.15) is 10.6 Å². The van der Waals surface area contributed by atoms with Gasteiger partial charge in [-0.15, -0.1) is 5.10 Å². The number of pyridine rings is 1. The molecule has 1 aliphatic rings. The summed E-state index contributed by atoms with van der Waals surface area (Å²) in [7, 11) is -3.63. The Kier molecular flexibility index (Phi) is 4.58. The maximum atomic E-state index is 12.4. The van der Waals surface area contributed by atoms with Crippen molar-refractivity contribution in [3.05, 3.63) is 30.9 Å².